The van der Waals surface area contributed by atoms with E-state index in [9.17, 15) is 4.79 Å². The van der Waals surface area contributed by atoms with Gasteiger partial charge in [-0.1, -0.05) is 149 Å². The monoisotopic (exact) mass is 442 g/mol. The van der Waals surface area contributed by atoms with E-state index in [2.05, 4.69) is 13.8 Å². The van der Waals surface area contributed by atoms with Crippen molar-refractivity contribution >= 4 is 5.97 Å². The standard InChI is InChI=1S/C28H56O2.H3N/c1-3-5-7-9-11-12-13-14-15-16-17-18-19-21-23-25-27-30-28(29)26-24-22-20-10-8-6-4-2;/h3-27H2,1-2H3;1H3/p+1. The maximum absolute atomic E-state index is 11.7. The zero-order valence-electron chi connectivity index (χ0n) is 22.0. The summed E-state index contributed by atoms with van der Waals surface area (Å²) in [7, 11) is 0. The Kier molecular flexibility index (Phi) is 31.0. The molecule has 0 amide bonds. The van der Waals surface area contributed by atoms with Gasteiger partial charge in [0.05, 0.1) is 6.61 Å². The molecule has 3 nitrogen and oxygen atoms in total. The highest BCUT2D eigenvalue weighted by Gasteiger charge is 2.02. The molecule has 0 unspecified atom stereocenters. The lowest BCUT2D eigenvalue weighted by Gasteiger charge is -2.05. The van der Waals surface area contributed by atoms with Gasteiger partial charge in [-0.3, -0.25) is 4.79 Å². The summed E-state index contributed by atoms with van der Waals surface area (Å²) in [6, 6.07) is 0. The van der Waals surface area contributed by atoms with Crippen molar-refractivity contribution in [2.75, 3.05) is 6.61 Å². The van der Waals surface area contributed by atoms with Crippen LogP contribution in [0.15, 0.2) is 0 Å². The molecule has 0 bridgehead atoms. The summed E-state index contributed by atoms with van der Waals surface area (Å²) in [5, 5.41) is 0. The summed E-state index contributed by atoms with van der Waals surface area (Å²) in [6.07, 6.45) is 31.4. The molecule has 0 aromatic carbocycles. The molecule has 0 spiro atoms. The van der Waals surface area contributed by atoms with Gasteiger partial charge >= 0.3 is 5.97 Å². The third-order valence-electron chi connectivity index (χ3n) is 6.25. The Labute approximate surface area is 196 Å². The summed E-state index contributed by atoms with van der Waals surface area (Å²) < 4.78 is 5.37. The smallest absolute Gasteiger partial charge is 0.305 e. The van der Waals surface area contributed by atoms with E-state index >= 15 is 0 Å². The minimum atomic E-state index is 0. The molecule has 0 saturated carbocycles. The third kappa shape index (κ3) is 29.4. The molecule has 0 aromatic rings. The average Bonchev–Trinajstić information content (AvgIpc) is 2.75. The SMILES string of the molecule is CCCCCCCCCCCCCCCCCCOC(=O)CCCCCCCCC.[NH4+]. The second-order valence-electron chi connectivity index (χ2n) is 9.40. The topological polar surface area (TPSA) is 62.8 Å². The van der Waals surface area contributed by atoms with Crippen molar-refractivity contribution in [2.45, 2.75) is 168 Å². The van der Waals surface area contributed by atoms with E-state index in [0.717, 1.165) is 12.8 Å². The first-order valence-corrected chi connectivity index (χ1v) is 14.0. The van der Waals surface area contributed by atoms with E-state index in [1.807, 2.05) is 0 Å². The molecular formula is C28H60NO2+. The van der Waals surface area contributed by atoms with Gasteiger partial charge in [-0.2, -0.15) is 0 Å². The third-order valence-corrected chi connectivity index (χ3v) is 6.25. The Hall–Kier alpha value is -0.570. The van der Waals surface area contributed by atoms with Crippen molar-refractivity contribution in [3.63, 3.8) is 0 Å². The van der Waals surface area contributed by atoms with Gasteiger partial charge in [0.15, 0.2) is 0 Å². The molecule has 4 N–H and O–H groups in total. The zero-order valence-corrected chi connectivity index (χ0v) is 22.0. The number of carbonyl (C=O) groups is 1. The Morgan fingerprint density at radius 1 is 0.452 bits per heavy atom. The van der Waals surface area contributed by atoms with Crippen molar-refractivity contribution < 1.29 is 9.53 Å². The molecular weight excluding hydrogens is 382 g/mol. The normalized spacial score (nSPS) is 10.8. The van der Waals surface area contributed by atoms with Crippen LogP contribution in [0, 0.1) is 0 Å². The molecule has 0 aliphatic carbocycles. The van der Waals surface area contributed by atoms with Gasteiger partial charge in [-0.05, 0) is 12.8 Å². The first kappa shape index (κ1) is 32.6. The predicted octanol–water partition coefficient (Wildman–Crippen LogP) is 10.3. The second kappa shape index (κ2) is 29.4. The summed E-state index contributed by atoms with van der Waals surface area (Å²) in [5.41, 5.74) is 0. The van der Waals surface area contributed by atoms with Crippen LogP contribution in [-0.4, -0.2) is 12.6 Å². The molecule has 0 aromatic heterocycles. The lowest BCUT2D eigenvalue weighted by Crippen LogP contribution is -2.05. The Balaban J connectivity index is 0. The molecule has 0 heterocycles. The number of unbranched alkanes of at least 4 members (excludes halogenated alkanes) is 21. The molecule has 188 valence electrons. The predicted molar refractivity (Wildman–Crippen MR) is 139 cm³/mol. The minimum absolute atomic E-state index is 0. The zero-order chi connectivity index (χ0) is 22.0. The number of hydrogen-bond acceptors (Lipinski definition) is 2. The first-order valence-electron chi connectivity index (χ1n) is 14.0. The number of quaternary nitrogens is 1. The van der Waals surface area contributed by atoms with Crippen molar-refractivity contribution in [1.82, 2.24) is 6.15 Å². The van der Waals surface area contributed by atoms with Crippen LogP contribution in [0.4, 0.5) is 0 Å². The van der Waals surface area contributed by atoms with Crippen LogP contribution in [0.1, 0.15) is 168 Å². The summed E-state index contributed by atoms with van der Waals surface area (Å²) in [6.45, 7) is 5.17. The maximum Gasteiger partial charge on any atom is 0.305 e. The lowest BCUT2D eigenvalue weighted by atomic mass is 10.0. The van der Waals surface area contributed by atoms with Crippen molar-refractivity contribution in [2.24, 2.45) is 0 Å². The van der Waals surface area contributed by atoms with Gasteiger partial charge in [-0.15, -0.1) is 0 Å². The van der Waals surface area contributed by atoms with Crippen molar-refractivity contribution in [1.29, 1.82) is 0 Å². The van der Waals surface area contributed by atoms with E-state index in [4.69, 9.17) is 4.74 Å². The highest BCUT2D eigenvalue weighted by atomic mass is 16.5. The molecule has 0 atom stereocenters. The van der Waals surface area contributed by atoms with Crippen LogP contribution in [0.3, 0.4) is 0 Å². The van der Waals surface area contributed by atoms with E-state index in [-0.39, 0.29) is 12.1 Å². The fourth-order valence-electron chi connectivity index (χ4n) is 4.13. The summed E-state index contributed by atoms with van der Waals surface area (Å²) in [4.78, 5) is 11.7. The number of carbonyl (C=O) groups excluding carboxylic acids is 1. The summed E-state index contributed by atoms with van der Waals surface area (Å²) >= 11 is 0. The van der Waals surface area contributed by atoms with Gasteiger partial charge in [0.25, 0.3) is 0 Å². The van der Waals surface area contributed by atoms with E-state index < -0.39 is 0 Å². The Morgan fingerprint density at radius 2 is 0.742 bits per heavy atom. The number of hydrogen-bond donors (Lipinski definition) is 1. The molecule has 0 saturated heterocycles. The van der Waals surface area contributed by atoms with Crippen LogP contribution in [-0.2, 0) is 9.53 Å². The Morgan fingerprint density at radius 3 is 1.10 bits per heavy atom. The van der Waals surface area contributed by atoms with Gasteiger partial charge in [0.1, 0.15) is 0 Å². The van der Waals surface area contributed by atoms with Gasteiger partial charge in [0, 0.05) is 6.42 Å². The van der Waals surface area contributed by atoms with E-state index in [1.54, 1.807) is 0 Å². The van der Waals surface area contributed by atoms with Crippen molar-refractivity contribution in [3.8, 4) is 0 Å². The van der Waals surface area contributed by atoms with Crippen LogP contribution in [0.2, 0.25) is 0 Å². The van der Waals surface area contributed by atoms with Gasteiger partial charge < -0.3 is 10.9 Å². The molecule has 0 fully saturated rings. The van der Waals surface area contributed by atoms with Gasteiger partial charge in [-0.25, -0.2) is 0 Å². The number of ether oxygens (including phenoxy) is 1. The van der Waals surface area contributed by atoms with E-state index in [1.165, 1.54) is 135 Å². The van der Waals surface area contributed by atoms with Crippen LogP contribution in [0.5, 0.6) is 0 Å². The fourth-order valence-corrected chi connectivity index (χ4v) is 4.13. The maximum atomic E-state index is 11.7. The number of rotatable bonds is 25. The summed E-state index contributed by atoms with van der Waals surface area (Å²) in [5.74, 6) is 0.0181. The van der Waals surface area contributed by atoms with Crippen LogP contribution < -0.4 is 6.15 Å². The van der Waals surface area contributed by atoms with E-state index in [0.29, 0.717) is 13.0 Å². The van der Waals surface area contributed by atoms with Crippen LogP contribution >= 0.6 is 0 Å². The molecule has 0 rings (SSSR count). The van der Waals surface area contributed by atoms with Gasteiger partial charge in [0.2, 0.25) is 0 Å². The molecule has 0 aliphatic rings. The Bertz CT molecular complexity index is 333. The molecule has 0 radical (unpaired) electrons. The van der Waals surface area contributed by atoms with Crippen molar-refractivity contribution in [3.05, 3.63) is 0 Å². The van der Waals surface area contributed by atoms with Crippen LogP contribution in [0.25, 0.3) is 0 Å². The largest absolute Gasteiger partial charge is 0.466 e. The average molecular weight is 443 g/mol. The highest BCUT2D eigenvalue weighted by molar-refractivity contribution is 5.69. The second-order valence-corrected chi connectivity index (χ2v) is 9.40. The molecule has 0 aliphatic heterocycles. The number of esters is 1. The highest BCUT2D eigenvalue weighted by Crippen LogP contribution is 2.14. The lowest BCUT2D eigenvalue weighted by molar-refractivity contribution is -0.143. The fraction of sp³-hybridized carbons (Fsp3) is 0.964. The first-order chi connectivity index (χ1) is 14.8. The molecule has 3 heteroatoms. The minimum Gasteiger partial charge on any atom is -0.466 e. The molecule has 31 heavy (non-hydrogen) atoms. The quantitative estimate of drug-likeness (QED) is 0.113.